The van der Waals surface area contributed by atoms with Crippen molar-refractivity contribution in [1.82, 2.24) is 4.90 Å². The Hall–Kier alpha value is -0.500. The average Bonchev–Trinajstić information content (AvgIpc) is 2.02. The second kappa shape index (κ2) is 10.5. The van der Waals surface area contributed by atoms with Gasteiger partial charge in [-0.25, -0.2) is 0 Å². The standard InChI is InChI=1S/C8H17NO.C2H6/c1-8(2)10-7-5-6-9(3)4;1-2/h1,5-7H2,2-4H3;1-2H3. The van der Waals surface area contributed by atoms with Gasteiger partial charge in [0.2, 0.25) is 0 Å². The van der Waals surface area contributed by atoms with Crippen LogP contribution in [-0.2, 0) is 4.74 Å². The Kier molecular flexibility index (Phi) is 12.3. The first-order valence-corrected chi connectivity index (χ1v) is 4.56. The summed E-state index contributed by atoms with van der Waals surface area (Å²) in [5, 5.41) is 0. The van der Waals surface area contributed by atoms with E-state index in [1.807, 2.05) is 20.8 Å². The van der Waals surface area contributed by atoms with Gasteiger partial charge in [-0.2, -0.15) is 0 Å². The molecule has 0 bridgehead atoms. The fourth-order valence-electron chi connectivity index (χ4n) is 0.627. The summed E-state index contributed by atoms with van der Waals surface area (Å²) in [6.07, 6.45) is 1.07. The molecule has 0 aromatic rings. The summed E-state index contributed by atoms with van der Waals surface area (Å²) in [6, 6.07) is 0. The van der Waals surface area contributed by atoms with Gasteiger partial charge >= 0.3 is 0 Å². The molecular formula is C10H23NO. The maximum Gasteiger partial charge on any atom is 0.0889 e. The van der Waals surface area contributed by atoms with Crippen LogP contribution < -0.4 is 0 Å². The molecule has 0 aliphatic heterocycles. The lowest BCUT2D eigenvalue weighted by Gasteiger charge is -2.09. The molecule has 0 fully saturated rings. The molecule has 12 heavy (non-hydrogen) atoms. The highest BCUT2D eigenvalue weighted by Gasteiger charge is 1.90. The highest BCUT2D eigenvalue weighted by Crippen LogP contribution is 1.92. The summed E-state index contributed by atoms with van der Waals surface area (Å²) >= 11 is 0. The molecule has 74 valence electrons. The van der Waals surface area contributed by atoms with Crippen molar-refractivity contribution in [2.45, 2.75) is 27.2 Å². The van der Waals surface area contributed by atoms with E-state index in [0.29, 0.717) is 0 Å². The predicted molar refractivity (Wildman–Crippen MR) is 55.3 cm³/mol. The highest BCUT2D eigenvalue weighted by molar-refractivity contribution is 4.73. The predicted octanol–water partition coefficient (Wildman–Crippen LogP) is 2.51. The molecule has 2 nitrogen and oxygen atoms in total. The molecule has 0 radical (unpaired) electrons. The summed E-state index contributed by atoms with van der Waals surface area (Å²) in [4.78, 5) is 2.14. The van der Waals surface area contributed by atoms with Crippen LogP contribution in [0, 0.1) is 0 Å². The zero-order chi connectivity index (χ0) is 9.98. The van der Waals surface area contributed by atoms with E-state index in [0.717, 1.165) is 25.3 Å². The molecule has 0 saturated heterocycles. The topological polar surface area (TPSA) is 12.5 Å². The van der Waals surface area contributed by atoms with Crippen LogP contribution >= 0.6 is 0 Å². The summed E-state index contributed by atoms with van der Waals surface area (Å²) in [6.45, 7) is 11.4. The van der Waals surface area contributed by atoms with Gasteiger partial charge in [0.15, 0.2) is 0 Å². The molecule has 2 heteroatoms. The fraction of sp³-hybridized carbons (Fsp3) is 0.800. The van der Waals surface area contributed by atoms with Crippen molar-refractivity contribution in [1.29, 1.82) is 0 Å². The summed E-state index contributed by atoms with van der Waals surface area (Å²) in [5.74, 6) is 0.804. The first kappa shape index (κ1) is 14.0. The maximum absolute atomic E-state index is 5.17. The highest BCUT2D eigenvalue weighted by atomic mass is 16.5. The third-order valence-electron chi connectivity index (χ3n) is 1.10. The lowest BCUT2D eigenvalue weighted by atomic mass is 10.4. The average molecular weight is 173 g/mol. The fourth-order valence-corrected chi connectivity index (χ4v) is 0.627. The van der Waals surface area contributed by atoms with Crippen LogP contribution in [0.5, 0.6) is 0 Å². The minimum atomic E-state index is 0.785. The number of allylic oxidation sites excluding steroid dienone is 1. The number of ether oxygens (including phenoxy) is 1. The van der Waals surface area contributed by atoms with Crippen molar-refractivity contribution < 1.29 is 4.74 Å². The smallest absolute Gasteiger partial charge is 0.0889 e. The first-order valence-electron chi connectivity index (χ1n) is 4.56. The van der Waals surface area contributed by atoms with Gasteiger partial charge in [0.05, 0.1) is 12.4 Å². The third kappa shape index (κ3) is 16.2. The van der Waals surface area contributed by atoms with E-state index in [9.17, 15) is 0 Å². The summed E-state index contributed by atoms with van der Waals surface area (Å²) < 4.78 is 5.17. The Morgan fingerprint density at radius 2 is 1.83 bits per heavy atom. The minimum absolute atomic E-state index is 0.785. The van der Waals surface area contributed by atoms with Crippen LogP contribution in [0.2, 0.25) is 0 Å². The Morgan fingerprint density at radius 1 is 1.33 bits per heavy atom. The van der Waals surface area contributed by atoms with Crippen molar-refractivity contribution in [2.75, 3.05) is 27.2 Å². The van der Waals surface area contributed by atoms with Gasteiger partial charge in [-0.15, -0.1) is 0 Å². The zero-order valence-electron chi connectivity index (χ0n) is 9.18. The molecule has 0 atom stereocenters. The van der Waals surface area contributed by atoms with Crippen molar-refractivity contribution in [2.24, 2.45) is 0 Å². The number of hydrogen-bond acceptors (Lipinski definition) is 2. The number of hydrogen-bond donors (Lipinski definition) is 0. The second-order valence-corrected chi connectivity index (χ2v) is 2.71. The molecule has 0 aliphatic rings. The molecule has 0 aromatic heterocycles. The van der Waals surface area contributed by atoms with Gasteiger partial charge in [-0.05, 0) is 27.4 Å². The Balaban J connectivity index is 0. The van der Waals surface area contributed by atoms with Crippen molar-refractivity contribution >= 4 is 0 Å². The molecular weight excluding hydrogens is 150 g/mol. The Bertz CT molecular complexity index is 100. The van der Waals surface area contributed by atoms with Crippen LogP contribution in [0.25, 0.3) is 0 Å². The molecule has 0 aliphatic carbocycles. The molecule has 0 aromatic carbocycles. The van der Waals surface area contributed by atoms with Crippen LogP contribution in [0.4, 0.5) is 0 Å². The van der Waals surface area contributed by atoms with E-state index in [1.54, 1.807) is 0 Å². The summed E-state index contributed by atoms with van der Waals surface area (Å²) in [7, 11) is 4.11. The lowest BCUT2D eigenvalue weighted by Crippen LogP contribution is -2.14. The molecule has 0 saturated carbocycles. The van der Waals surface area contributed by atoms with Crippen LogP contribution in [0.1, 0.15) is 27.2 Å². The Labute approximate surface area is 77.2 Å². The third-order valence-corrected chi connectivity index (χ3v) is 1.10. The van der Waals surface area contributed by atoms with Gasteiger partial charge in [-0.3, -0.25) is 0 Å². The zero-order valence-corrected chi connectivity index (χ0v) is 9.18. The van der Waals surface area contributed by atoms with Crippen molar-refractivity contribution in [3.05, 3.63) is 12.3 Å². The molecule has 0 spiro atoms. The first-order chi connectivity index (χ1) is 5.63. The normalized spacial score (nSPS) is 8.83. The van der Waals surface area contributed by atoms with E-state index in [4.69, 9.17) is 4.74 Å². The maximum atomic E-state index is 5.17. The quantitative estimate of drug-likeness (QED) is 0.468. The van der Waals surface area contributed by atoms with Gasteiger partial charge in [0.25, 0.3) is 0 Å². The van der Waals surface area contributed by atoms with Gasteiger partial charge in [-0.1, -0.05) is 20.4 Å². The molecule has 0 N–H and O–H groups in total. The molecule has 0 rings (SSSR count). The van der Waals surface area contributed by atoms with Crippen LogP contribution in [-0.4, -0.2) is 32.1 Å². The van der Waals surface area contributed by atoms with Crippen LogP contribution in [0.3, 0.4) is 0 Å². The number of rotatable bonds is 5. The molecule has 0 heterocycles. The SMILES string of the molecule is C=C(C)OCCCN(C)C.CC. The van der Waals surface area contributed by atoms with E-state index in [1.165, 1.54) is 0 Å². The minimum Gasteiger partial charge on any atom is -0.499 e. The van der Waals surface area contributed by atoms with Gasteiger partial charge in [0, 0.05) is 6.54 Å². The monoisotopic (exact) mass is 173 g/mol. The Morgan fingerprint density at radius 3 is 2.17 bits per heavy atom. The second-order valence-electron chi connectivity index (χ2n) is 2.71. The summed E-state index contributed by atoms with van der Waals surface area (Å²) in [5.41, 5.74) is 0. The molecule has 0 unspecified atom stereocenters. The molecule has 0 amide bonds. The van der Waals surface area contributed by atoms with Gasteiger partial charge < -0.3 is 9.64 Å². The van der Waals surface area contributed by atoms with E-state index >= 15 is 0 Å². The van der Waals surface area contributed by atoms with E-state index < -0.39 is 0 Å². The van der Waals surface area contributed by atoms with Crippen molar-refractivity contribution in [3.8, 4) is 0 Å². The van der Waals surface area contributed by atoms with Crippen molar-refractivity contribution in [3.63, 3.8) is 0 Å². The lowest BCUT2D eigenvalue weighted by molar-refractivity contribution is 0.199. The number of nitrogens with zero attached hydrogens (tertiary/aromatic N) is 1. The van der Waals surface area contributed by atoms with E-state index in [2.05, 4.69) is 25.6 Å². The van der Waals surface area contributed by atoms with Gasteiger partial charge in [0.1, 0.15) is 0 Å². The van der Waals surface area contributed by atoms with E-state index in [-0.39, 0.29) is 0 Å². The largest absolute Gasteiger partial charge is 0.499 e. The van der Waals surface area contributed by atoms with Crippen LogP contribution in [0.15, 0.2) is 12.3 Å².